The van der Waals surface area contributed by atoms with Crippen LogP contribution in [0, 0.1) is 0 Å². The third kappa shape index (κ3) is 58.9. The van der Waals surface area contributed by atoms with Crippen molar-refractivity contribution in [1.82, 2.24) is 0 Å². The summed E-state index contributed by atoms with van der Waals surface area (Å²) >= 11 is 0. The van der Waals surface area contributed by atoms with E-state index >= 15 is 0 Å². The van der Waals surface area contributed by atoms with E-state index in [0.717, 1.165) is 128 Å². The van der Waals surface area contributed by atoms with Crippen LogP contribution in [0.15, 0.2) is 158 Å². The maximum absolute atomic E-state index is 12.8. The van der Waals surface area contributed by atoms with E-state index in [2.05, 4.69) is 172 Å². The number of esters is 2. The summed E-state index contributed by atoms with van der Waals surface area (Å²) in [6, 6.07) is 0. The summed E-state index contributed by atoms with van der Waals surface area (Å²) in [7, 11) is 1.43. The number of rotatable bonds is 51. The molecule has 0 amide bonds. The lowest BCUT2D eigenvalue weighted by atomic mass is 10.1. The highest BCUT2D eigenvalue weighted by atomic mass is 31.2. The average Bonchev–Trinajstić information content (AvgIpc) is 3.38. The van der Waals surface area contributed by atoms with Crippen LogP contribution in [0.25, 0.3) is 0 Å². The number of nitrogens with zero attached hydrogens (tertiary/aromatic N) is 1. The van der Waals surface area contributed by atoms with E-state index in [9.17, 15) is 19.0 Å². The Bertz CT molecular complexity index is 1840. The van der Waals surface area contributed by atoms with E-state index in [1.165, 1.54) is 25.7 Å². The molecule has 0 aromatic carbocycles. The first-order valence-corrected chi connectivity index (χ1v) is 30.7. The minimum atomic E-state index is -4.40. The lowest BCUT2D eigenvalue weighted by molar-refractivity contribution is -0.870. The molecule has 0 heterocycles. The first kappa shape index (κ1) is 71.6. The molecule has 1 N–H and O–H groups in total. The zero-order valence-corrected chi connectivity index (χ0v) is 49.3. The molecule has 0 bridgehead atoms. The molecule has 76 heavy (non-hydrogen) atoms. The van der Waals surface area contributed by atoms with Crippen LogP contribution in [0.3, 0.4) is 0 Å². The van der Waals surface area contributed by atoms with Gasteiger partial charge in [0.05, 0.1) is 27.7 Å². The van der Waals surface area contributed by atoms with Gasteiger partial charge in [0, 0.05) is 12.8 Å². The quantitative estimate of drug-likeness (QED) is 0.0211. The second-order valence-corrected chi connectivity index (χ2v) is 21.4. The molecule has 0 aliphatic rings. The van der Waals surface area contributed by atoms with Crippen LogP contribution in [-0.4, -0.2) is 74.9 Å². The molecule has 0 rings (SSSR count). The SMILES string of the molecule is CC/C=C\C/C=C\C/C=C\C/C=C\C/C=C\C/C=C\C/C=C\C/C=C\C/C=C\C/C=C\CCCCCCCCCCC(=O)OC(COC(=O)CCCCC/C=C\C/C=C\C/C=C\CC)COP(=O)(O)OCC[N+](C)(C)C. The first-order chi connectivity index (χ1) is 37.0. The van der Waals surface area contributed by atoms with Crippen LogP contribution >= 0.6 is 7.82 Å². The standard InChI is InChI=1S/C66H106NO8P/c1-6-8-10-12-14-16-18-20-21-22-23-24-25-26-27-28-29-30-31-32-33-34-35-36-37-38-39-40-41-42-43-44-45-47-49-51-53-55-57-59-66(69)75-64(63-74-76(70,71)73-61-60-67(3,4)5)62-72-65(68)58-56-54-52-50-48-46-19-17-15-13-11-9-7-2/h8-11,14-17,20-21,23-24,26-27,29-30,32-33,35-36,38-39,41-42,46,48,64H,6-7,12-13,18-19,22,25,28,31,34,37,40,43-45,47,49-63H2,1-5H3/p+1/b10-8-,11-9-,16-14-,17-15-,21-20-,24-23-,27-26-,30-29-,33-32-,36-35-,39-38-,42-41-,48-46-. The van der Waals surface area contributed by atoms with Crippen molar-refractivity contribution in [2.75, 3.05) is 47.5 Å². The maximum Gasteiger partial charge on any atom is 0.472 e. The summed E-state index contributed by atoms with van der Waals surface area (Å²) in [6.07, 6.45) is 83.3. The Morgan fingerprint density at radius 3 is 1.07 bits per heavy atom. The zero-order valence-electron chi connectivity index (χ0n) is 48.4. The van der Waals surface area contributed by atoms with Gasteiger partial charge in [-0.3, -0.25) is 18.6 Å². The Morgan fingerprint density at radius 2 is 0.711 bits per heavy atom. The number of carbonyl (C=O) groups excluding carboxylic acids is 2. The third-order valence-electron chi connectivity index (χ3n) is 11.6. The Hall–Kier alpha value is -4.37. The van der Waals surface area contributed by atoms with Crippen molar-refractivity contribution in [3.05, 3.63) is 158 Å². The van der Waals surface area contributed by atoms with Gasteiger partial charge in [-0.2, -0.15) is 0 Å². The number of ether oxygens (including phenoxy) is 2. The number of carbonyl (C=O) groups is 2. The summed E-state index contributed by atoms with van der Waals surface area (Å²) in [5.41, 5.74) is 0. The molecule has 428 valence electrons. The number of allylic oxidation sites excluding steroid dienone is 26. The second kappa shape index (κ2) is 55.4. The van der Waals surface area contributed by atoms with Crippen LogP contribution in [-0.2, 0) is 32.7 Å². The Morgan fingerprint density at radius 1 is 0.408 bits per heavy atom. The highest BCUT2D eigenvalue weighted by Crippen LogP contribution is 2.43. The van der Waals surface area contributed by atoms with E-state index in [4.69, 9.17) is 18.5 Å². The fourth-order valence-electron chi connectivity index (χ4n) is 7.11. The van der Waals surface area contributed by atoms with Crippen molar-refractivity contribution >= 4 is 19.8 Å². The number of hydrogen-bond donors (Lipinski definition) is 1. The molecule has 0 aliphatic carbocycles. The van der Waals surface area contributed by atoms with Crippen molar-refractivity contribution in [3.8, 4) is 0 Å². The molecular formula is C66H107NO8P+. The van der Waals surface area contributed by atoms with Crippen molar-refractivity contribution in [2.24, 2.45) is 0 Å². The van der Waals surface area contributed by atoms with Crippen molar-refractivity contribution < 1.29 is 42.1 Å². The van der Waals surface area contributed by atoms with Gasteiger partial charge in [-0.05, 0) is 122 Å². The minimum absolute atomic E-state index is 0.0165. The van der Waals surface area contributed by atoms with E-state index in [1.54, 1.807) is 0 Å². The Balaban J connectivity index is 4.15. The topological polar surface area (TPSA) is 108 Å². The molecular weight excluding hydrogens is 966 g/mol. The van der Waals surface area contributed by atoms with E-state index in [0.29, 0.717) is 23.9 Å². The van der Waals surface area contributed by atoms with Gasteiger partial charge in [-0.15, -0.1) is 0 Å². The van der Waals surface area contributed by atoms with Gasteiger partial charge in [-0.1, -0.05) is 217 Å². The molecule has 2 atom stereocenters. The smallest absolute Gasteiger partial charge is 0.462 e. The molecule has 0 spiro atoms. The fraction of sp³-hybridized carbons (Fsp3) is 0.576. The second-order valence-electron chi connectivity index (χ2n) is 19.9. The average molecular weight is 1070 g/mol. The summed E-state index contributed by atoms with van der Waals surface area (Å²) in [5, 5.41) is 0. The molecule has 0 aromatic rings. The van der Waals surface area contributed by atoms with Crippen LogP contribution in [0.2, 0.25) is 0 Å². The van der Waals surface area contributed by atoms with Gasteiger partial charge in [0.1, 0.15) is 19.8 Å². The number of unbranched alkanes of at least 4 members (excludes halogenated alkanes) is 11. The van der Waals surface area contributed by atoms with E-state index < -0.39 is 32.5 Å². The third-order valence-corrected chi connectivity index (χ3v) is 12.5. The molecule has 0 saturated heterocycles. The minimum Gasteiger partial charge on any atom is -0.462 e. The lowest BCUT2D eigenvalue weighted by Gasteiger charge is -2.24. The molecule has 0 fully saturated rings. The van der Waals surface area contributed by atoms with Gasteiger partial charge < -0.3 is 18.9 Å². The van der Waals surface area contributed by atoms with Crippen molar-refractivity contribution in [3.63, 3.8) is 0 Å². The van der Waals surface area contributed by atoms with E-state index in [-0.39, 0.29) is 26.1 Å². The summed E-state index contributed by atoms with van der Waals surface area (Å²) < 4.78 is 34.4. The van der Waals surface area contributed by atoms with Crippen LogP contribution < -0.4 is 0 Å². The number of likely N-dealkylation sites (N-methyl/N-ethyl adjacent to an activating group) is 1. The number of phosphoric ester groups is 1. The van der Waals surface area contributed by atoms with Crippen LogP contribution in [0.4, 0.5) is 0 Å². The van der Waals surface area contributed by atoms with Crippen molar-refractivity contribution in [1.29, 1.82) is 0 Å². The van der Waals surface area contributed by atoms with Gasteiger partial charge in [0.15, 0.2) is 6.10 Å². The molecule has 10 heteroatoms. The fourth-order valence-corrected chi connectivity index (χ4v) is 7.86. The number of quaternary nitrogens is 1. The highest BCUT2D eigenvalue weighted by molar-refractivity contribution is 7.47. The van der Waals surface area contributed by atoms with Gasteiger partial charge >= 0.3 is 19.8 Å². The van der Waals surface area contributed by atoms with Crippen LogP contribution in [0.1, 0.15) is 194 Å². The lowest BCUT2D eigenvalue weighted by Crippen LogP contribution is -2.37. The number of hydrogen-bond acceptors (Lipinski definition) is 7. The normalized spacial score (nSPS) is 14.4. The first-order valence-electron chi connectivity index (χ1n) is 29.2. The molecule has 0 aliphatic heterocycles. The Labute approximate surface area is 465 Å². The number of phosphoric acid groups is 1. The summed E-state index contributed by atoms with van der Waals surface area (Å²) in [4.78, 5) is 35.6. The monoisotopic (exact) mass is 1070 g/mol. The zero-order chi connectivity index (χ0) is 55.6. The predicted molar refractivity (Wildman–Crippen MR) is 325 cm³/mol. The Kier molecular flexibility index (Phi) is 52.2. The van der Waals surface area contributed by atoms with Crippen LogP contribution in [0.5, 0.6) is 0 Å². The summed E-state index contributed by atoms with van der Waals surface area (Å²) in [5.74, 6) is -0.856. The molecule has 0 saturated carbocycles. The molecule has 0 radical (unpaired) electrons. The molecule has 9 nitrogen and oxygen atoms in total. The largest absolute Gasteiger partial charge is 0.472 e. The maximum atomic E-state index is 12.8. The van der Waals surface area contributed by atoms with Crippen molar-refractivity contribution in [2.45, 2.75) is 200 Å². The predicted octanol–water partition coefficient (Wildman–Crippen LogP) is 18.5. The molecule has 0 aromatic heterocycles. The van der Waals surface area contributed by atoms with E-state index in [1.807, 2.05) is 21.1 Å². The van der Waals surface area contributed by atoms with Gasteiger partial charge in [-0.25, -0.2) is 4.57 Å². The van der Waals surface area contributed by atoms with Gasteiger partial charge in [0.25, 0.3) is 0 Å². The highest BCUT2D eigenvalue weighted by Gasteiger charge is 2.27. The summed E-state index contributed by atoms with van der Waals surface area (Å²) in [6.45, 7) is 4.12. The van der Waals surface area contributed by atoms with Gasteiger partial charge in [0.2, 0.25) is 0 Å². The molecule has 2 unspecified atom stereocenters.